The minimum absolute atomic E-state index is 0.132. The van der Waals surface area contributed by atoms with E-state index in [-0.39, 0.29) is 5.41 Å². The molecule has 0 fully saturated rings. The van der Waals surface area contributed by atoms with E-state index in [0.29, 0.717) is 0 Å². The summed E-state index contributed by atoms with van der Waals surface area (Å²) < 4.78 is 0. The van der Waals surface area contributed by atoms with Gasteiger partial charge in [-0.2, -0.15) is 0 Å². The van der Waals surface area contributed by atoms with E-state index in [4.69, 9.17) is 0 Å². The Kier molecular flexibility index (Phi) is 3.89. The molecule has 2 nitrogen and oxygen atoms in total. The number of para-hydroxylation sites is 1. The number of H-pyrrole nitrogens is 1. The van der Waals surface area contributed by atoms with Gasteiger partial charge in [-0.05, 0) is 23.6 Å². The second-order valence-corrected chi connectivity index (χ2v) is 6.62. The van der Waals surface area contributed by atoms with Gasteiger partial charge in [0.25, 0.3) is 0 Å². The molecule has 4 rings (SSSR count). The first-order valence-electron chi connectivity index (χ1n) is 8.60. The van der Waals surface area contributed by atoms with Crippen molar-refractivity contribution >= 4 is 10.9 Å². The summed E-state index contributed by atoms with van der Waals surface area (Å²) in [5.74, 6) is 0. The minimum atomic E-state index is -0.132. The maximum absolute atomic E-state index is 4.26. The normalized spacial score (nSPS) is 13.7. The molecule has 4 aromatic rings. The molecule has 1 atom stereocenters. The number of benzene rings is 2. The van der Waals surface area contributed by atoms with Crippen molar-refractivity contribution in [3.8, 4) is 11.1 Å². The number of pyridine rings is 1. The lowest BCUT2D eigenvalue weighted by Gasteiger charge is -2.29. The van der Waals surface area contributed by atoms with E-state index in [1.807, 2.05) is 12.3 Å². The van der Waals surface area contributed by atoms with E-state index in [1.165, 1.54) is 22.1 Å². The van der Waals surface area contributed by atoms with Gasteiger partial charge in [0.2, 0.25) is 0 Å². The predicted octanol–water partition coefficient (Wildman–Crippen LogP) is 5.76. The molecule has 0 saturated heterocycles. The maximum atomic E-state index is 4.26. The molecule has 0 spiro atoms. The Morgan fingerprint density at radius 2 is 1.84 bits per heavy atom. The van der Waals surface area contributed by atoms with Crippen LogP contribution in [0.5, 0.6) is 0 Å². The number of fused-ring (bicyclic) bond motifs is 1. The summed E-state index contributed by atoms with van der Waals surface area (Å²) in [7, 11) is 0. The van der Waals surface area contributed by atoms with Gasteiger partial charge in [0, 0.05) is 40.5 Å². The van der Waals surface area contributed by atoms with Crippen molar-refractivity contribution in [3.05, 3.63) is 97.3 Å². The van der Waals surface area contributed by atoms with Crippen molar-refractivity contribution in [1.29, 1.82) is 0 Å². The highest BCUT2D eigenvalue weighted by Crippen LogP contribution is 2.40. The summed E-state index contributed by atoms with van der Waals surface area (Å²) in [5.41, 5.74) is 5.90. The van der Waals surface area contributed by atoms with Gasteiger partial charge >= 0.3 is 0 Å². The zero-order chi connectivity index (χ0) is 17.3. The van der Waals surface area contributed by atoms with E-state index in [2.05, 4.69) is 84.6 Å². The molecule has 2 heteroatoms. The molecule has 1 radical (unpaired) electrons. The molecule has 2 aromatic carbocycles. The molecule has 2 aromatic heterocycles. The van der Waals surface area contributed by atoms with E-state index in [0.717, 1.165) is 17.5 Å². The Morgan fingerprint density at radius 1 is 1.00 bits per heavy atom. The van der Waals surface area contributed by atoms with Crippen molar-refractivity contribution in [2.45, 2.75) is 18.8 Å². The lowest BCUT2D eigenvalue weighted by molar-refractivity contribution is 0.583. The van der Waals surface area contributed by atoms with Crippen LogP contribution in [0.15, 0.2) is 79.3 Å². The first-order chi connectivity index (χ1) is 12.2. The average molecular weight is 325 g/mol. The van der Waals surface area contributed by atoms with Crippen LogP contribution in [0, 0.1) is 6.92 Å². The number of hydrogen-bond donors (Lipinski definition) is 1. The third-order valence-corrected chi connectivity index (χ3v) is 5.19. The molecule has 0 aliphatic rings. The van der Waals surface area contributed by atoms with Crippen LogP contribution in [0.2, 0.25) is 0 Å². The summed E-state index contributed by atoms with van der Waals surface area (Å²) in [6.07, 6.45) is 6.65. The molecule has 0 aliphatic carbocycles. The molecule has 0 saturated carbocycles. The molecule has 0 aliphatic heterocycles. The van der Waals surface area contributed by atoms with E-state index < -0.39 is 0 Å². The lowest BCUT2D eigenvalue weighted by atomic mass is 9.74. The van der Waals surface area contributed by atoms with Crippen molar-refractivity contribution in [2.75, 3.05) is 0 Å². The summed E-state index contributed by atoms with van der Waals surface area (Å²) in [6, 6.07) is 21.2. The molecule has 1 unspecified atom stereocenters. The molecule has 123 valence electrons. The molecular formula is C23H21N2. The lowest BCUT2D eigenvalue weighted by Crippen LogP contribution is -2.22. The molecule has 25 heavy (non-hydrogen) atoms. The average Bonchev–Trinajstić information content (AvgIpc) is 3.13. The van der Waals surface area contributed by atoms with Gasteiger partial charge < -0.3 is 4.98 Å². The third kappa shape index (κ3) is 2.54. The van der Waals surface area contributed by atoms with E-state index in [9.17, 15) is 0 Å². The highest BCUT2D eigenvalue weighted by atomic mass is 14.7. The van der Waals surface area contributed by atoms with Gasteiger partial charge in [-0.1, -0.05) is 68.4 Å². The van der Waals surface area contributed by atoms with Crippen LogP contribution in [0.3, 0.4) is 0 Å². The Morgan fingerprint density at radius 3 is 2.56 bits per heavy atom. The number of rotatable bonds is 4. The number of hydrogen-bond acceptors (Lipinski definition) is 1. The van der Waals surface area contributed by atoms with Crippen molar-refractivity contribution < 1.29 is 0 Å². The zero-order valence-corrected chi connectivity index (χ0v) is 14.4. The van der Waals surface area contributed by atoms with Crippen LogP contribution in [-0.4, -0.2) is 9.97 Å². The van der Waals surface area contributed by atoms with E-state index >= 15 is 0 Å². The van der Waals surface area contributed by atoms with Gasteiger partial charge in [-0.3, -0.25) is 4.98 Å². The van der Waals surface area contributed by atoms with Crippen molar-refractivity contribution in [2.24, 2.45) is 0 Å². The quantitative estimate of drug-likeness (QED) is 0.508. The number of aromatic amines is 1. The van der Waals surface area contributed by atoms with E-state index in [1.54, 1.807) is 6.20 Å². The largest absolute Gasteiger partial charge is 0.360 e. The van der Waals surface area contributed by atoms with Crippen LogP contribution >= 0.6 is 0 Å². The Hall–Kier alpha value is -2.87. The van der Waals surface area contributed by atoms with Crippen LogP contribution in [0.25, 0.3) is 22.0 Å². The Balaban J connectivity index is 1.93. The fraction of sp³-hybridized carbons (Fsp3) is 0.130. The third-order valence-electron chi connectivity index (χ3n) is 5.19. The predicted molar refractivity (Wildman–Crippen MR) is 104 cm³/mol. The molecule has 2 heterocycles. The van der Waals surface area contributed by atoms with Crippen molar-refractivity contribution in [3.63, 3.8) is 0 Å². The highest BCUT2D eigenvalue weighted by Gasteiger charge is 2.29. The highest BCUT2D eigenvalue weighted by molar-refractivity contribution is 5.96. The Bertz CT molecular complexity index is 986. The van der Waals surface area contributed by atoms with Crippen molar-refractivity contribution in [1.82, 2.24) is 9.97 Å². The molecule has 0 amide bonds. The van der Waals surface area contributed by atoms with Gasteiger partial charge in [-0.15, -0.1) is 0 Å². The fourth-order valence-corrected chi connectivity index (χ4v) is 3.61. The molecular weight excluding hydrogens is 304 g/mol. The zero-order valence-electron chi connectivity index (χ0n) is 14.4. The summed E-state index contributed by atoms with van der Waals surface area (Å²) in [4.78, 5) is 7.77. The SMILES string of the molecule is [CH2]CC(C)(c1ccccc1)c1c[nH]c2c(-c3cccnc3)cccc12. The molecule has 0 bridgehead atoms. The number of nitrogens with zero attached hydrogens (tertiary/aromatic N) is 1. The van der Waals surface area contributed by atoms with Gasteiger partial charge in [0.05, 0.1) is 5.52 Å². The Labute approximate surface area is 148 Å². The summed E-state index contributed by atoms with van der Waals surface area (Å²) in [6.45, 7) is 6.53. The fourth-order valence-electron chi connectivity index (χ4n) is 3.61. The second kappa shape index (κ2) is 6.21. The number of nitrogens with one attached hydrogen (secondary N) is 1. The summed E-state index contributed by atoms with van der Waals surface area (Å²) in [5, 5.41) is 1.25. The maximum Gasteiger partial charge on any atom is 0.0537 e. The van der Waals surface area contributed by atoms with Gasteiger partial charge in [0.15, 0.2) is 0 Å². The first-order valence-corrected chi connectivity index (χ1v) is 8.60. The van der Waals surface area contributed by atoms with Crippen LogP contribution in [-0.2, 0) is 5.41 Å². The van der Waals surface area contributed by atoms with Crippen LogP contribution in [0.4, 0.5) is 0 Å². The number of aromatic nitrogens is 2. The van der Waals surface area contributed by atoms with Gasteiger partial charge in [0.1, 0.15) is 0 Å². The minimum Gasteiger partial charge on any atom is -0.360 e. The molecule has 1 N–H and O–H groups in total. The topological polar surface area (TPSA) is 28.7 Å². The second-order valence-electron chi connectivity index (χ2n) is 6.62. The smallest absolute Gasteiger partial charge is 0.0537 e. The summed E-state index contributed by atoms with van der Waals surface area (Å²) >= 11 is 0. The van der Waals surface area contributed by atoms with Crippen LogP contribution < -0.4 is 0 Å². The van der Waals surface area contributed by atoms with Gasteiger partial charge in [-0.25, -0.2) is 0 Å². The van der Waals surface area contributed by atoms with Crippen LogP contribution in [0.1, 0.15) is 24.5 Å². The monoisotopic (exact) mass is 325 g/mol. The first kappa shape index (κ1) is 15.6. The standard InChI is InChI=1S/C23H21N2/c1-3-23(2,18-10-5-4-6-11-18)21-16-25-22-19(12-7-13-20(21)22)17-9-8-14-24-15-17/h4-16,25H,1,3H2,2H3.